The Morgan fingerprint density at radius 3 is 3.05 bits per heavy atom. The smallest absolute Gasteiger partial charge is 0.195 e. The zero-order chi connectivity index (χ0) is 14.3. The van der Waals surface area contributed by atoms with Gasteiger partial charge in [0.1, 0.15) is 0 Å². The van der Waals surface area contributed by atoms with E-state index in [1.807, 2.05) is 6.92 Å². The van der Waals surface area contributed by atoms with Gasteiger partial charge in [-0.2, -0.15) is 0 Å². The summed E-state index contributed by atoms with van der Waals surface area (Å²) in [4.78, 5) is 8.25. The molecule has 1 unspecified atom stereocenters. The van der Waals surface area contributed by atoms with Crippen LogP contribution in [-0.2, 0) is 11.2 Å². The third-order valence-corrected chi connectivity index (χ3v) is 4.51. The first kappa shape index (κ1) is 13.9. The quantitative estimate of drug-likeness (QED) is 0.939. The molecule has 20 heavy (non-hydrogen) atoms. The molecule has 0 aromatic carbocycles. The monoisotopic (exact) mass is 294 g/mol. The van der Waals surface area contributed by atoms with E-state index >= 15 is 0 Å². The van der Waals surface area contributed by atoms with Gasteiger partial charge < -0.3 is 15.4 Å². The van der Waals surface area contributed by atoms with Crippen molar-refractivity contribution >= 4 is 22.1 Å². The van der Waals surface area contributed by atoms with E-state index in [9.17, 15) is 0 Å². The molecule has 6 heteroatoms. The summed E-state index contributed by atoms with van der Waals surface area (Å²) >= 11 is 1.67. The SMILES string of the molecule is CC(N)Cc1c(N2CCOCC2(C)C)nc2sccn12. The molecule has 1 aliphatic heterocycles. The second-order valence-corrected chi connectivity index (χ2v) is 7.01. The third-order valence-electron chi connectivity index (χ3n) is 3.76. The fourth-order valence-electron chi connectivity index (χ4n) is 2.78. The summed E-state index contributed by atoms with van der Waals surface area (Å²) in [6, 6.07) is 0.123. The maximum atomic E-state index is 6.03. The van der Waals surface area contributed by atoms with Crippen molar-refractivity contribution in [2.45, 2.75) is 38.8 Å². The van der Waals surface area contributed by atoms with Gasteiger partial charge in [0.2, 0.25) is 0 Å². The van der Waals surface area contributed by atoms with Crippen molar-refractivity contribution in [3.8, 4) is 0 Å². The van der Waals surface area contributed by atoms with Gasteiger partial charge in [0.25, 0.3) is 0 Å². The number of morpholine rings is 1. The highest BCUT2D eigenvalue weighted by Crippen LogP contribution is 2.32. The number of rotatable bonds is 3. The lowest BCUT2D eigenvalue weighted by atomic mass is 10.0. The van der Waals surface area contributed by atoms with Crippen LogP contribution in [0.3, 0.4) is 0 Å². The van der Waals surface area contributed by atoms with Crippen molar-refractivity contribution in [2.75, 3.05) is 24.7 Å². The van der Waals surface area contributed by atoms with Gasteiger partial charge in [0, 0.05) is 30.6 Å². The molecule has 0 radical (unpaired) electrons. The summed E-state index contributed by atoms with van der Waals surface area (Å²) < 4.78 is 7.79. The van der Waals surface area contributed by atoms with Gasteiger partial charge in [-0.3, -0.25) is 4.40 Å². The molecule has 0 saturated carbocycles. The number of nitrogens with zero attached hydrogens (tertiary/aromatic N) is 3. The number of ether oxygens (including phenoxy) is 1. The Labute approximate surface area is 123 Å². The first-order valence-corrected chi connectivity index (χ1v) is 7.92. The lowest BCUT2D eigenvalue weighted by molar-refractivity contribution is 0.0638. The van der Waals surface area contributed by atoms with E-state index in [0.717, 1.165) is 37.0 Å². The minimum atomic E-state index is -0.0329. The molecular formula is C14H22N4OS. The van der Waals surface area contributed by atoms with Gasteiger partial charge in [0.05, 0.1) is 24.4 Å². The van der Waals surface area contributed by atoms with E-state index < -0.39 is 0 Å². The summed E-state index contributed by atoms with van der Waals surface area (Å²) in [6.45, 7) is 8.82. The lowest BCUT2D eigenvalue weighted by Crippen LogP contribution is -2.53. The molecule has 0 amide bonds. The summed E-state index contributed by atoms with van der Waals surface area (Å²) in [7, 11) is 0. The van der Waals surface area contributed by atoms with Crippen LogP contribution in [-0.4, -0.2) is 40.7 Å². The highest BCUT2D eigenvalue weighted by Gasteiger charge is 2.34. The molecule has 2 aromatic rings. The Hall–Kier alpha value is -1.11. The van der Waals surface area contributed by atoms with E-state index in [4.69, 9.17) is 15.5 Å². The standard InChI is InChI=1S/C14H22N4OS/c1-10(15)8-11-12(16-13-17(11)5-7-20-13)18-4-6-19-9-14(18,2)3/h5,7,10H,4,6,8-9,15H2,1-3H3. The minimum Gasteiger partial charge on any atom is -0.377 e. The van der Waals surface area contributed by atoms with Crippen LogP contribution in [0.25, 0.3) is 4.96 Å². The molecule has 110 valence electrons. The van der Waals surface area contributed by atoms with Gasteiger partial charge in [0.15, 0.2) is 10.8 Å². The summed E-state index contributed by atoms with van der Waals surface area (Å²) in [5, 5.41) is 2.07. The number of hydrogen-bond donors (Lipinski definition) is 1. The maximum Gasteiger partial charge on any atom is 0.195 e. The van der Waals surface area contributed by atoms with Gasteiger partial charge in [-0.1, -0.05) is 0 Å². The van der Waals surface area contributed by atoms with E-state index in [-0.39, 0.29) is 11.6 Å². The van der Waals surface area contributed by atoms with E-state index in [1.54, 1.807) is 11.3 Å². The Bertz CT molecular complexity index is 601. The molecular weight excluding hydrogens is 272 g/mol. The van der Waals surface area contributed by atoms with E-state index in [1.165, 1.54) is 5.69 Å². The number of anilines is 1. The third kappa shape index (κ3) is 2.32. The average Bonchev–Trinajstić information content (AvgIpc) is 2.91. The summed E-state index contributed by atoms with van der Waals surface area (Å²) in [5.41, 5.74) is 7.21. The largest absolute Gasteiger partial charge is 0.377 e. The van der Waals surface area contributed by atoms with Crippen molar-refractivity contribution in [3.63, 3.8) is 0 Å². The number of thiazole rings is 1. The molecule has 1 fully saturated rings. The van der Waals surface area contributed by atoms with Crippen molar-refractivity contribution in [1.29, 1.82) is 0 Å². The fraction of sp³-hybridized carbons (Fsp3) is 0.643. The first-order valence-electron chi connectivity index (χ1n) is 7.04. The molecule has 3 rings (SSSR count). The van der Waals surface area contributed by atoms with Crippen LogP contribution < -0.4 is 10.6 Å². The average molecular weight is 294 g/mol. The molecule has 2 aromatic heterocycles. The van der Waals surface area contributed by atoms with Crippen molar-refractivity contribution in [2.24, 2.45) is 5.73 Å². The predicted molar refractivity (Wildman–Crippen MR) is 82.7 cm³/mol. The molecule has 1 atom stereocenters. The number of nitrogens with two attached hydrogens (primary N) is 1. The van der Waals surface area contributed by atoms with Crippen molar-refractivity contribution in [1.82, 2.24) is 9.38 Å². The van der Waals surface area contributed by atoms with Crippen molar-refractivity contribution < 1.29 is 4.74 Å². The number of imidazole rings is 1. The Morgan fingerprint density at radius 1 is 1.55 bits per heavy atom. The van der Waals surface area contributed by atoms with Gasteiger partial charge in [-0.25, -0.2) is 4.98 Å². The lowest BCUT2D eigenvalue weighted by Gasteiger charge is -2.43. The molecule has 1 saturated heterocycles. The minimum absolute atomic E-state index is 0.0329. The molecule has 5 nitrogen and oxygen atoms in total. The number of hydrogen-bond acceptors (Lipinski definition) is 5. The maximum absolute atomic E-state index is 6.03. The molecule has 0 bridgehead atoms. The van der Waals surface area contributed by atoms with Crippen LogP contribution in [0.4, 0.5) is 5.82 Å². The Morgan fingerprint density at radius 2 is 2.35 bits per heavy atom. The Balaban J connectivity index is 2.07. The van der Waals surface area contributed by atoms with Crippen LogP contribution >= 0.6 is 11.3 Å². The van der Waals surface area contributed by atoms with Crippen LogP contribution in [0.5, 0.6) is 0 Å². The molecule has 3 heterocycles. The zero-order valence-corrected chi connectivity index (χ0v) is 13.1. The van der Waals surface area contributed by atoms with Crippen LogP contribution in [0, 0.1) is 0 Å². The highest BCUT2D eigenvalue weighted by molar-refractivity contribution is 7.15. The second-order valence-electron chi connectivity index (χ2n) is 6.14. The summed E-state index contributed by atoms with van der Waals surface area (Å²) in [6.07, 6.45) is 2.92. The second kappa shape index (κ2) is 5.02. The van der Waals surface area contributed by atoms with Gasteiger partial charge in [-0.05, 0) is 20.8 Å². The molecule has 2 N–H and O–H groups in total. The predicted octanol–water partition coefficient (Wildman–Crippen LogP) is 1.90. The topological polar surface area (TPSA) is 55.8 Å². The van der Waals surface area contributed by atoms with Crippen LogP contribution in [0.15, 0.2) is 11.6 Å². The van der Waals surface area contributed by atoms with Gasteiger partial charge >= 0.3 is 0 Å². The zero-order valence-electron chi connectivity index (χ0n) is 12.3. The molecule has 1 aliphatic rings. The summed E-state index contributed by atoms with van der Waals surface area (Å²) in [5.74, 6) is 1.07. The fourth-order valence-corrected chi connectivity index (χ4v) is 3.51. The molecule has 0 spiro atoms. The van der Waals surface area contributed by atoms with Gasteiger partial charge in [-0.15, -0.1) is 11.3 Å². The molecule has 0 aliphatic carbocycles. The van der Waals surface area contributed by atoms with E-state index in [0.29, 0.717) is 0 Å². The normalized spacial score (nSPS) is 20.5. The van der Waals surface area contributed by atoms with Crippen molar-refractivity contribution in [3.05, 3.63) is 17.3 Å². The Kier molecular flexibility index (Phi) is 3.48. The highest BCUT2D eigenvalue weighted by atomic mass is 32.1. The number of fused-ring (bicyclic) bond motifs is 1. The number of aromatic nitrogens is 2. The van der Waals surface area contributed by atoms with Crippen LogP contribution in [0.2, 0.25) is 0 Å². The van der Waals surface area contributed by atoms with Crippen LogP contribution in [0.1, 0.15) is 26.5 Å². The first-order chi connectivity index (χ1) is 9.49. The van der Waals surface area contributed by atoms with E-state index in [2.05, 4.69) is 34.7 Å².